The molecule has 20 heavy (non-hydrogen) atoms. The second-order valence-electron chi connectivity index (χ2n) is 6.64. The van der Waals surface area contributed by atoms with Crippen LogP contribution in [-0.2, 0) is 6.42 Å². The summed E-state index contributed by atoms with van der Waals surface area (Å²) in [6, 6.07) is 9.20. The highest BCUT2D eigenvalue weighted by Crippen LogP contribution is 2.33. The Bertz CT molecular complexity index is 421. The molecule has 2 aliphatic carbocycles. The molecule has 1 N–H and O–H groups in total. The summed E-state index contributed by atoms with van der Waals surface area (Å²) < 4.78 is 0. The summed E-state index contributed by atoms with van der Waals surface area (Å²) in [6.07, 6.45) is 11.0. The van der Waals surface area contributed by atoms with Gasteiger partial charge in [-0.15, -0.1) is 0 Å². The smallest absolute Gasteiger partial charge is 0.0438 e. The lowest BCUT2D eigenvalue weighted by Crippen LogP contribution is -2.32. The van der Waals surface area contributed by atoms with Crippen LogP contribution in [0.1, 0.15) is 50.5 Å². The summed E-state index contributed by atoms with van der Waals surface area (Å²) in [7, 11) is 0. The quantitative estimate of drug-likeness (QED) is 0.791. The minimum Gasteiger partial charge on any atom is -0.314 e. The highest BCUT2D eigenvalue weighted by atomic mass is 35.5. The predicted molar refractivity (Wildman–Crippen MR) is 86.2 cm³/mol. The van der Waals surface area contributed by atoms with Gasteiger partial charge in [0, 0.05) is 11.1 Å². The van der Waals surface area contributed by atoms with Crippen LogP contribution in [0, 0.1) is 11.8 Å². The van der Waals surface area contributed by atoms with Gasteiger partial charge >= 0.3 is 0 Å². The standard InChI is InChI=1S/C18H26ClN/c19-18-9-5-4-8-15(18)12-16(13-20-17-10-11-17)14-6-2-1-3-7-14/h4-5,8-9,14,16-17,20H,1-3,6-7,10-13H2. The van der Waals surface area contributed by atoms with Crippen molar-refractivity contribution in [1.82, 2.24) is 5.32 Å². The van der Waals surface area contributed by atoms with E-state index in [-0.39, 0.29) is 0 Å². The van der Waals surface area contributed by atoms with Crippen molar-refractivity contribution < 1.29 is 0 Å². The van der Waals surface area contributed by atoms with Crippen LogP contribution in [0.2, 0.25) is 5.02 Å². The maximum atomic E-state index is 6.36. The van der Waals surface area contributed by atoms with Crippen molar-refractivity contribution in [2.45, 2.75) is 57.4 Å². The van der Waals surface area contributed by atoms with E-state index in [4.69, 9.17) is 11.6 Å². The first-order valence-corrected chi connectivity index (χ1v) is 8.67. The summed E-state index contributed by atoms with van der Waals surface area (Å²) in [5, 5.41) is 4.69. The molecular formula is C18H26ClN. The molecule has 1 unspecified atom stereocenters. The van der Waals surface area contributed by atoms with Crippen LogP contribution in [0.3, 0.4) is 0 Å². The van der Waals surface area contributed by atoms with Gasteiger partial charge in [-0.3, -0.25) is 0 Å². The Hall–Kier alpha value is -0.530. The second kappa shape index (κ2) is 6.95. The lowest BCUT2D eigenvalue weighted by molar-refractivity contribution is 0.239. The number of halogens is 1. The summed E-state index contributed by atoms with van der Waals surface area (Å²) in [5.74, 6) is 1.65. The van der Waals surface area contributed by atoms with E-state index in [0.29, 0.717) is 0 Å². The molecule has 0 saturated heterocycles. The van der Waals surface area contributed by atoms with Gasteiger partial charge in [0.1, 0.15) is 0 Å². The Balaban J connectivity index is 1.65. The van der Waals surface area contributed by atoms with Crippen LogP contribution in [0.5, 0.6) is 0 Å². The van der Waals surface area contributed by atoms with Crippen LogP contribution in [0.25, 0.3) is 0 Å². The van der Waals surface area contributed by atoms with Crippen LogP contribution >= 0.6 is 11.6 Å². The van der Waals surface area contributed by atoms with Crippen molar-refractivity contribution in [3.8, 4) is 0 Å². The number of hydrogen-bond donors (Lipinski definition) is 1. The Morgan fingerprint density at radius 3 is 2.50 bits per heavy atom. The first-order chi connectivity index (χ1) is 9.83. The summed E-state index contributed by atoms with van der Waals surface area (Å²) in [5.41, 5.74) is 1.34. The van der Waals surface area contributed by atoms with Gasteiger partial charge in [-0.2, -0.15) is 0 Å². The lowest BCUT2D eigenvalue weighted by atomic mass is 9.77. The third kappa shape index (κ3) is 3.99. The molecule has 110 valence electrons. The average molecular weight is 292 g/mol. The van der Waals surface area contributed by atoms with E-state index in [9.17, 15) is 0 Å². The molecule has 0 heterocycles. The van der Waals surface area contributed by atoms with Gasteiger partial charge in [-0.25, -0.2) is 0 Å². The Kier molecular flexibility index (Phi) is 5.01. The SMILES string of the molecule is Clc1ccccc1CC(CNC1CC1)C1CCCCC1. The number of nitrogens with one attached hydrogen (secondary N) is 1. The zero-order valence-corrected chi connectivity index (χ0v) is 13.0. The van der Waals surface area contributed by atoms with Gasteiger partial charge in [-0.1, -0.05) is 61.9 Å². The third-order valence-electron chi connectivity index (χ3n) is 5.00. The molecule has 0 aliphatic heterocycles. The molecule has 0 bridgehead atoms. The molecule has 0 spiro atoms. The van der Waals surface area contributed by atoms with Crippen molar-refractivity contribution in [3.05, 3.63) is 34.9 Å². The maximum absolute atomic E-state index is 6.36. The topological polar surface area (TPSA) is 12.0 Å². The first kappa shape index (κ1) is 14.4. The zero-order chi connectivity index (χ0) is 13.8. The number of benzene rings is 1. The number of hydrogen-bond acceptors (Lipinski definition) is 1. The molecule has 1 atom stereocenters. The molecule has 0 radical (unpaired) electrons. The van der Waals surface area contributed by atoms with Crippen molar-refractivity contribution in [2.75, 3.05) is 6.54 Å². The van der Waals surface area contributed by atoms with E-state index in [1.54, 1.807) is 0 Å². The molecule has 1 aromatic rings. The Morgan fingerprint density at radius 2 is 1.80 bits per heavy atom. The van der Waals surface area contributed by atoms with Gasteiger partial charge in [0.15, 0.2) is 0 Å². The van der Waals surface area contributed by atoms with E-state index in [1.165, 1.54) is 57.1 Å². The molecule has 1 aromatic carbocycles. The highest BCUT2D eigenvalue weighted by Gasteiger charge is 2.27. The Labute approximate surface area is 128 Å². The third-order valence-corrected chi connectivity index (χ3v) is 5.37. The molecule has 2 saturated carbocycles. The first-order valence-electron chi connectivity index (χ1n) is 8.29. The van der Waals surface area contributed by atoms with Crippen molar-refractivity contribution in [2.24, 2.45) is 11.8 Å². The highest BCUT2D eigenvalue weighted by molar-refractivity contribution is 6.31. The second-order valence-corrected chi connectivity index (χ2v) is 7.04. The maximum Gasteiger partial charge on any atom is 0.0438 e. The molecule has 1 nitrogen and oxygen atoms in total. The zero-order valence-electron chi connectivity index (χ0n) is 12.3. The molecule has 2 heteroatoms. The van der Waals surface area contributed by atoms with Crippen LogP contribution in [0.15, 0.2) is 24.3 Å². The molecular weight excluding hydrogens is 266 g/mol. The molecule has 2 aliphatic rings. The summed E-state index contributed by atoms with van der Waals surface area (Å²) in [4.78, 5) is 0. The van der Waals surface area contributed by atoms with Crippen molar-refractivity contribution in [3.63, 3.8) is 0 Å². The molecule has 0 aromatic heterocycles. The van der Waals surface area contributed by atoms with Crippen LogP contribution in [-0.4, -0.2) is 12.6 Å². The molecule has 3 rings (SSSR count). The summed E-state index contributed by atoms with van der Waals surface area (Å²) in [6.45, 7) is 1.18. The van der Waals surface area contributed by atoms with Crippen LogP contribution < -0.4 is 5.32 Å². The number of rotatable bonds is 6. The Morgan fingerprint density at radius 1 is 1.05 bits per heavy atom. The molecule has 0 amide bonds. The largest absolute Gasteiger partial charge is 0.314 e. The van der Waals surface area contributed by atoms with Crippen molar-refractivity contribution in [1.29, 1.82) is 0 Å². The normalized spacial score (nSPS) is 21.9. The fraction of sp³-hybridized carbons (Fsp3) is 0.667. The van der Waals surface area contributed by atoms with Crippen molar-refractivity contribution >= 4 is 11.6 Å². The van der Waals surface area contributed by atoms with E-state index >= 15 is 0 Å². The van der Waals surface area contributed by atoms with Crippen LogP contribution in [0.4, 0.5) is 0 Å². The van der Waals surface area contributed by atoms with Gasteiger partial charge < -0.3 is 5.32 Å². The monoisotopic (exact) mass is 291 g/mol. The van der Waals surface area contributed by atoms with Gasteiger partial charge in [-0.05, 0) is 49.3 Å². The fourth-order valence-electron chi connectivity index (χ4n) is 3.56. The van der Waals surface area contributed by atoms with Gasteiger partial charge in [0.2, 0.25) is 0 Å². The van der Waals surface area contributed by atoms with E-state index in [1.807, 2.05) is 12.1 Å². The minimum atomic E-state index is 0.760. The molecule has 2 fully saturated rings. The van der Waals surface area contributed by atoms with Gasteiger partial charge in [0.05, 0.1) is 0 Å². The van der Waals surface area contributed by atoms with E-state index < -0.39 is 0 Å². The minimum absolute atomic E-state index is 0.760. The summed E-state index contributed by atoms with van der Waals surface area (Å²) >= 11 is 6.36. The van der Waals surface area contributed by atoms with E-state index in [0.717, 1.165) is 29.3 Å². The lowest BCUT2D eigenvalue weighted by Gasteiger charge is -2.31. The average Bonchev–Trinajstić information content (AvgIpc) is 3.30. The van der Waals surface area contributed by atoms with E-state index in [2.05, 4.69) is 17.4 Å². The fourth-order valence-corrected chi connectivity index (χ4v) is 3.78. The van der Waals surface area contributed by atoms with Gasteiger partial charge in [0.25, 0.3) is 0 Å². The predicted octanol–water partition coefficient (Wildman–Crippen LogP) is 4.83.